The Morgan fingerprint density at radius 1 is 0.812 bits per heavy atom. The molecule has 4 rings (SSSR count). The van der Waals surface area contributed by atoms with Crippen molar-refractivity contribution in [3.8, 4) is 0 Å². The summed E-state index contributed by atoms with van der Waals surface area (Å²) in [6.45, 7) is 2.31. The van der Waals surface area contributed by atoms with Crippen LogP contribution in [0.3, 0.4) is 0 Å². The highest BCUT2D eigenvalue weighted by Crippen LogP contribution is 2.10. The van der Waals surface area contributed by atoms with Gasteiger partial charge >= 0.3 is 0 Å². The van der Waals surface area contributed by atoms with Crippen LogP contribution in [0.15, 0.2) is 59.4 Å². The molecule has 0 aliphatic carbocycles. The van der Waals surface area contributed by atoms with Gasteiger partial charge in [-0.2, -0.15) is 0 Å². The SMILES string of the molecule is O=C(CCCc1ccccc1)N1CCN(C(=O)CCn2nnc3ccccc3c2=O)CC1. The van der Waals surface area contributed by atoms with Crippen molar-refractivity contribution in [2.45, 2.75) is 32.2 Å². The van der Waals surface area contributed by atoms with Gasteiger partial charge in [0.2, 0.25) is 11.8 Å². The van der Waals surface area contributed by atoms with E-state index in [9.17, 15) is 14.4 Å². The molecule has 0 radical (unpaired) electrons. The van der Waals surface area contributed by atoms with Crippen LogP contribution in [0.1, 0.15) is 24.8 Å². The summed E-state index contributed by atoms with van der Waals surface area (Å²) >= 11 is 0. The number of carbonyl (C=O) groups is 2. The molecule has 0 atom stereocenters. The Kier molecular flexibility index (Phi) is 6.89. The van der Waals surface area contributed by atoms with E-state index in [1.165, 1.54) is 10.2 Å². The highest BCUT2D eigenvalue weighted by Gasteiger charge is 2.23. The first-order valence-electron chi connectivity index (χ1n) is 11.0. The van der Waals surface area contributed by atoms with Crippen LogP contribution in [-0.2, 0) is 22.6 Å². The van der Waals surface area contributed by atoms with E-state index in [1.54, 1.807) is 29.2 Å². The molecule has 8 heteroatoms. The maximum Gasteiger partial charge on any atom is 0.277 e. The van der Waals surface area contributed by atoms with Gasteiger partial charge in [-0.25, -0.2) is 4.68 Å². The number of benzene rings is 2. The number of aromatic nitrogens is 3. The zero-order valence-electron chi connectivity index (χ0n) is 18.0. The average Bonchev–Trinajstić information content (AvgIpc) is 2.84. The molecule has 8 nitrogen and oxygen atoms in total. The van der Waals surface area contributed by atoms with Crippen molar-refractivity contribution in [1.82, 2.24) is 24.8 Å². The molecule has 3 aromatic rings. The summed E-state index contributed by atoms with van der Waals surface area (Å²) in [5, 5.41) is 8.48. The average molecular weight is 434 g/mol. The maximum atomic E-state index is 12.6. The molecule has 32 heavy (non-hydrogen) atoms. The smallest absolute Gasteiger partial charge is 0.277 e. The van der Waals surface area contributed by atoms with Crippen LogP contribution in [-0.4, -0.2) is 62.8 Å². The lowest BCUT2D eigenvalue weighted by atomic mass is 10.1. The van der Waals surface area contributed by atoms with Crippen LogP contribution in [0.4, 0.5) is 0 Å². The zero-order valence-corrected chi connectivity index (χ0v) is 18.0. The molecule has 0 unspecified atom stereocenters. The molecule has 2 heterocycles. The van der Waals surface area contributed by atoms with Crippen molar-refractivity contribution in [2.75, 3.05) is 26.2 Å². The monoisotopic (exact) mass is 433 g/mol. The second-order valence-electron chi connectivity index (χ2n) is 7.99. The molecule has 0 N–H and O–H groups in total. The quantitative estimate of drug-likeness (QED) is 0.568. The first-order valence-corrected chi connectivity index (χ1v) is 11.0. The minimum absolute atomic E-state index is 0.0389. The molecule has 1 aromatic heterocycles. The Hall–Kier alpha value is -3.55. The van der Waals surface area contributed by atoms with Gasteiger partial charge in [0.05, 0.1) is 11.9 Å². The van der Waals surface area contributed by atoms with E-state index in [0.717, 1.165) is 12.8 Å². The van der Waals surface area contributed by atoms with Gasteiger partial charge < -0.3 is 9.80 Å². The standard InChI is InChI=1S/C24H27N5O3/c30-22(12-6-9-19-7-2-1-3-8-19)27-15-17-28(18-16-27)23(31)13-14-29-24(32)20-10-4-5-11-21(20)25-26-29/h1-5,7-8,10-11H,6,9,12-18H2. The number of hydrogen-bond acceptors (Lipinski definition) is 5. The fraction of sp³-hybridized carbons (Fsp3) is 0.375. The molecule has 1 aliphatic heterocycles. The van der Waals surface area contributed by atoms with Gasteiger partial charge in [0, 0.05) is 39.0 Å². The molecule has 0 spiro atoms. The van der Waals surface area contributed by atoms with Gasteiger partial charge in [-0.15, -0.1) is 5.10 Å². The minimum atomic E-state index is -0.241. The third kappa shape index (κ3) is 5.19. The Morgan fingerprint density at radius 3 is 2.16 bits per heavy atom. The first kappa shape index (κ1) is 21.7. The first-order chi connectivity index (χ1) is 15.6. The number of hydrogen-bond donors (Lipinski definition) is 0. The van der Waals surface area contributed by atoms with Crippen molar-refractivity contribution in [2.24, 2.45) is 0 Å². The summed E-state index contributed by atoms with van der Waals surface area (Å²) in [6, 6.07) is 17.2. The third-order valence-electron chi connectivity index (χ3n) is 5.85. The van der Waals surface area contributed by atoms with Gasteiger partial charge in [0.25, 0.3) is 5.56 Å². The van der Waals surface area contributed by atoms with Crippen LogP contribution in [0.25, 0.3) is 10.9 Å². The highest BCUT2D eigenvalue weighted by atomic mass is 16.2. The largest absolute Gasteiger partial charge is 0.339 e. The molecular weight excluding hydrogens is 406 g/mol. The molecule has 2 aromatic carbocycles. The Balaban J connectivity index is 1.22. The lowest BCUT2D eigenvalue weighted by Crippen LogP contribution is -2.50. The predicted octanol–water partition coefficient (Wildman–Crippen LogP) is 1.88. The van der Waals surface area contributed by atoms with Crippen LogP contribution in [0.5, 0.6) is 0 Å². The number of aryl methyl sites for hydroxylation is 2. The van der Waals surface area contributed by atoms with E-state index in [0.29, 0.717) is 43.5 Å². The normalized spacial score (nSPS) is 14.0. The van der Waals surface area contributed by atoms with E-state index in [-0.39, 0.29) is 30.3 Å². The van der Waals surface area contributed by atoms with Crippen LogP contribution >= 0.6 is 0 Å². The third-order valence-corrected chi connectivity index (χ3v) is 5.85. The molecular formula is C24H27N5O3. The number of rotatable bonds is 7. The van der Waals surface area contributed by atoms with Gasteiger partial charge in [-0.1, -0.05) is 47.7 Å². The van der Waals surface area contributed by atoms with Crippen molar-refractivity contribution in [3.63, 3.8) is 0 Å². The van der Waals surface area contributed by atoms with E-state index in [4.69, 9.17) is 0 Å². The Bertz CT molecular complexity index is 1140. The zero-order chi connectivity index (χ0) is 22.3. The summed E-state index contributed by atoms with van der Waals surface area (Å²) in [5.74, 6) is 0.106. The van der Waals surface area contributed by atoms with Crippen LogP contribution < -0.4 is 5.56 Å². The molecule has 1 aliphatic rings. The highest BCUT2D eigenvalue weighted by molar-refractivity contribution is 5.79. The van der Waals surface area contributed by atoms with Gasteiger partial charge in [0.15, 0.2) is 0 Å². The second-order valence-corrected chi connectivity index (χ2v) is 7.99. The van der Waals surface area contributed by atoms with Crippen molar-refractivity contribution in [3.05, 3.63) is 70.5 Å². The van der Waals surface area contributed by atoms with Crippen LogP contribution in [0, 0.1) is 0 Å². The van der Waals surface area contributed by atoms with Crippen molar-refractivity contribution < 1.29 is 9.59 Å². The summed E-state index contributed by atoms with van der Waals surface area (Å²) in [6.07, 6.45) is 2.41. The number of amides is 2. The fourth-order valence-electron chi connectivity index (χ4n) is 3.98. The minimum Gasteiger partial charge on any atom is -0.339 e. The second kappa shape index (κ2) is 10.2. The van der Waals surface area contributed by atoms with Crippen molar-refractivity contribution in [1.29, 1.82) is 0 Å². The number of fused-ring (bicyclic) bond motifs is 1. The maximum absolute atomic E-state index is 12.6. The summed E-state index contributed by atoms with van der Waals surface area (Å²) < 4.78 is 1.24. The number of nitrogens with zero attached hydrogens (tertiary/aromatic N) is 5. The van der Waals surface area contributed by atoms with E-state index < -0.39 is 0 Å². The Morgan fingerprint density at radius 2 is 1.44 bits per heavy atom. The topological polar surface area (TPSA) is 88.4 Å². The van der Waals surface area contributed by atoms with Gasteiger partial charge in [0.1, 0.15) is 5.52 Å². The van der Waals surface area contributed by atoms with Gasteiger partial charge in [-0.05, 0) is 30.5 Å². The van der Waals surface area contributed by atoms with E-state index >= 15 is 0 Å². The lowest BCUT2D eigenvalue weighted by Gasteiger charge is -2.35. The predicted molar refractivity (Wildman–Crippen MR) is 121 cm³/mol. The summed E-state index contributed by atoms with van der Waals surface area (Å²) in [5.41, 5.74) is 1.55. The Labute approximate surface area is 186 Å². The molecule has 1 saturated heterocycles. The molecule has 1 fully saturated rings. The van der Waals surface area contributed by atoms with Crippen LogP contribution in [0.2, 0.25) is 0 Å². The lowest BCUT2D eigenvalue weighted by molar-refractivity contribution is -0.139. The van der Waals surface area contributed by atoms with Crippen molar-refractivity contribution >= 4 is 22.7 Å². The molecule has 166 valence electrons. The van der Waals surface area contributed by atoms with E-state index in [2.05, 4.69) is 22.4 Å². The number of carbonyl (C=O) groups excluding carboxylic acids is 2. The molecule has 2 amide bonds. The molecule has 0 saturated carbocycles. The van der Waals surface area contributed by atoms with E-state index in [1.807, 2.05) is 23.1 Å². The summed E-state index contributed by atoms with van der Waals surface area (Å²) in [7, 11) is 0. The summed E-state index contributed by atoms with van der Waals surface area (Å²) in [4.78, 5) is 41.2. The van der Waals surface area contributed by atoms with Gasteiger partial charge in [-0.3, -0.25) is 14.4 Å². The fourth-order valence-corrected chi connectivity index (χ4v) is 3.98. The molecule has 0 bridgehead atoms. The number of piperazine rings is 1.